The first kappa shape index (κ1) is 15.6. The van der Waals surface area contributed by atoms with Crippen LogP contribution in [0.2, 0.25) is 0 Å². The van der Waals surface area contributed by atoms with Crippen LogP contribution in [0.3, 0.4) is 0 Å². The molecule has 0 spiro atoms. The van der Waals surface area contributed by atoms with Crippen molar-refractivity contribution < 1.29 is 14.0 Å². The van der Waals surface area contributed by atoms with Gasteiger partial charge in [-0.05, 0) is 30.3 Å². The van der Waals surface area contributed by atoms with Crippen LogP contribution in [-0.2, 0) is 0 Å². The van der Waals surface area contributed by atoms with E-state index in [0.717, 1.165) is 0 Å². The third kappa shape index (κ3) is 3.38. The second-order valence-corrected chi connectivity index (χ2v) is 5.20. The zero-order valence-electron chi connectivity index (χ0n) is 12.7. The van der Waals surface area contributed by atoms with E-state index in [4.69, 9.17) is 0 Å². The molecule has 0 heterocycles. The van der Waals surface area contributed by atoms with Crippen LogP contribution in [-0.4, -0.2) is 11.7 Å². The first-order valence-electron chi connectivity index (χ1n) is 7.41. The van der Waals surface area contributed by atoms with Crippen LogP contribution in [0.5, 0.6) is 0 Å². The van der Waals surface area contributed by atoms with Crippen LogP contribution >= 0.6 is 0 Å². The Bertz CT molecular complexity index is 874. The summed E-state index contributed by atoms with van der Waals surface area (Å²) in [4.78, 5) is 25.1. The molecule has 0 saturated carbocycles. The monoisotopic (exact) mass is 319 g/mol. The maximum atomic E-state index is 12.9. The molecule has 0 bridgehead atoms. The fraction of sp³-hybridized carbons (Fsp3) is 0. The van der Waals surface area contributed by atoms with Crippen molar-refractivity contribution in [1.82, 2.24) is 0 Å². The van der Waals surface area contributed by atoms with Crippen LogP contribution in [0, 0.1) is 5.82 Å². The Morgan fingerprint density at radius 1 is 0.708 bits per heavy atom. The van der Waals surface area contributed by atoms with Gasteiger partial charge in [0.1, 0.15) is 5.82 Å². The highest BCUT2D eigenvalue weighted by molar-refractivity contribution is 6.17. The average Bonchev–Trinajstić information content (AvgIpc) is 2.63. The molecule has 0 aliphatic heterocycles. The number of anilines is 1. The Balaban J connectivity index is 1.90. The molecular formula is C20H14FNO2. The molecule has 0 aliphatic carbocycles. The largest absolute Gasteiger partial charge is 0.322 e. The Hall–Kier alpha value is -3.27. The fourth-order valence-electron chi connectivity index (χ4n) is 2.36. The van der Waals surface area contributed by atoms with Crippen LogP contribution < -0.4 is 5.32 Å². The summed E-state index contributed by atoms with van der Waals surface area (Å²) < 4.78 is 12.9. The molecule has 4 heteroatoms. The fourth-order valence-corrected chi connectivity index (χ4v) is 2.36. The normalized spacial score (nSPS) is 10.2. The van der Waals surface area contributed by atoms with Crippen molar-refractivity contribution in [2.75, 3.05) is 5.32 Å². The lowest BCUT2D eigenvalue weighted by atomic mass is 9.98. The quantitative estimate of drug-likeness (QED) is 0.728. The highest BCUT2D eigenvalue weighted by Gasteiger charge is 2.17. The van der Waals surface area contributed by atoms with Gasteiger partial charge in [0.15, 0.2) is 5.78 Å². The SMILES string of the molecule is O=C(Nc1ccc(F)cc1)c1ccccc1C(=O)c1ccccc1. The maximum Gasteiger partial charge on any atom is 0.256 e. The van der Waals surface area contributed by atoms with E-state index in [1.54, 1.807) is 48.5 Å². The van der Waals surface area contributed by atoms with Gasteiger partial charge in [-0.25, -0.2) is 4.39 Å². The Morgan fingerprint density at radius 2 is 1.29 bits per heavy atom. The second kappa shape index (κ2) is 6.87. The first-order valence-corrected chi connectivity index (χ1v) is 7.41. The number of ketones is 1. The zero-order valence-corrected chi connectivity index (χ0v) is 12.7. The molecule has 0 aromatic heterocycles. The third-order valence-corrected chi connectivity index (χ3v) is 3.55. The molecule has 3 nitrogen and oxygen atoms in total. The minimum absolute atomic E-state index is 0.222. The number of hydrogen-bond acceptors (Lipinski definition) is 2. The van der Waals surface area contributed by atoms with E-state index in [2.05, 4.69) is 5.32 Å². The summed E-state index contributed by atoms with van der Waals surface area (Å²) in [5.74, 6) is -1.02. The zero-order chi connectivity index (χ0) is 16.9. The maximum absolute atomic E-state index is 12.9. The molecule has 3 rings (SSSR count). The lowest BCUT2D eigenvalue weighted by Crippen LogP contribution is -2.16. The molecule has 3 aromatic carbocycles. The molecule has 0 atom stereocenters. The average molecular weight is 319 g/mol. The van der Waals surface area contributed by atoms with Gasteiger partial charge in [0.05, 0.1) is 5.56 Å². The summed E-state index contributed by atoms with van der Waals surface area (Å²) in [6.07, 6.45) is 0. The Labute approximate surface area is 138 Å². The molecule has 0 fully saturated rings. The molecule has 24 heavy (non-hydrogen) atoms. The van der Waals surface area contributed by atoms with Crippen molar-refractivity contribution in [3.63, 3.8) is 0 Å². The van der Waals surface area contributed by atoms with Crippen molar-refractivity contribution in [1.29, 1.82) is 0 Å². The molecule has 1 N–H and O–H groups in total. The molecule has 3 aromatic rings. The third-order valence-electron chi connectivity index (χ3n) is 3.55. The summed E-state index contributed by atoms with van der Waals surface area (Å²) in [5, 5.41) is 2.67. The smallest absolute Gasteiger partial charge is 0.256 e. The van der Waals surface area contributed by atoms with Crippen molar-refractivity contribution in [3.8, 4) is 0 Å². The second-order valence-electron chi connectivity index (χ2n) is 5.20. The van der Waals surface area contributed by atoms with Gasteiger partial charge in [0, 0.05) is 16.8 Å². The van der Waals surface area contributed by atoms with E-state index in [0.29, 0.717) is 16.8 Å². The predicted molar refractivity (Wildman–Crippen MR) is 90.7 cm³/mol. The Morgan fingerprint density at radius 3 is 1.96 bits per heavy atom. The number of amides is 1. The molecule has 118 valence electrons. The van der Waals surface area contributed by atoms with Crippen molar-refractivity contribution >= 4 is 17.4 Å². The van der Waals surface area contributed by atoms with E-state index in [9.17, 15) is 14.0 Å². The van der Waals surface area contributed by atoms with E-state index in [1.807, 2.05) is 6.07 Å². The van der Waals surface area contributed by atoms with Gasteiger partial charge in [0.2, 0.25) is 0 Å². The molecule has 0 unspecified atom stereocenters. The lowest BCUT2D eigenvalue weighted by molar-refractivity contribution is 0.0996. The summed E-state index contributed by atoms with van der Waals surface area (Å²) in [6.45, 7) is 0. The molecular weight excluding hydrogens is 305 g/mol. The van der Waals surface area contributed by atoms with Crippen LogP contribution in [0.25, 0.3) is 0 Å². The summed E-state index contributed by atoms with van der Waals surface area (Å²) in [6, 6.07) is 20.9. The van der Waals surface area contributed by atoms with Crippen LogP contribution in [0.15, 0.2) is 78.9 Å². The van der Waals surface area contributed by atoms with Gasteiger partial charge >= 0.3 is 0 Å². The molecule has 1 amide bonds. The number of nitrogens with one attached hydrogen (secondary N) is 1. The standard InChI is InChI=1S/C20H14FNO2/c21-15-10-12-16(13-11-15)22-20(24)18-9-5-4-8-17(18)19(23)14-6-2-1-3-7-14/h1-13H,(H,22,24). The number of halogens is 1. The van der Waals surface area contributed by atoms with E-state index < -0.39 is 5.91 Å². The van der Waals surface area contributed by atoms with Crippen molar-refractivity contribution in [3.05, 3.63) is 101 Å². The summed E-state index contributed by atoms with van der Waals surface area (Å²) in [7, 11) is 0. The summed E-state index contributed by atoms with van der Waals surface area (Å²) in [5.41, 5.74) is 1.57. The number of benzene rings is 3. The molecule has 0 saturated heterocycles. The molecule has 0 radical (unpaired) electrons. The van der Waals surface area contributed by atoms with Crippen molar-refractivity contribution in [2.24, 2.45) is 0 Å². The van der Waals surface area contributed by atoms with E-state index in [-0.39, 0.29) is 17.2 Å². The highest BCUT2D eigenvalue weighted by atomic mass is 19.1. The molecule has 0 aliphatic rings. The predicted octanol–water partition coefficient (Wildman–Crippen LogP) is 4.31. The number of hydrogen-bond donors (Lipinski definition) is 1. The van der Waals surface area contributed by atoms with Gasteiger partial charge in [-0.2, -0.15) is 0 Å². The number of carbonyl (C=O) groups is 2. The lowest BCUT2D eigenvalue weighted by Gasteiger charge is -2.10. The van der Waals surface area contributed by atoms with Gasteiger partial charge in [0.25, 0.3) is 5.91 Å². The van der Waals surface area contributed by atoms with Crippen LogP contribution in [0.1, 0.15) is 26.3 Å². The van der Waals surface area contributed by atoms with Gasteiger partial charge in [-0.15, -0.1) is 0 Å². The number of carbonyl (C=O) groups excluding carboxylic acids is 2. The minimum atomic E-state index is -0.415. The van der Waals surface area contributed by atoms with Gasteiger partial charge in [-0.1, -0.05) is 48.5 Å². The van der Waals surface area contributed by atoms with Crippen LogP contribution in [0.4, 0.5) is 10.1 Å². The topological polar surface area (TPSA) is 46.2 Å². The van der Waals surface area contributed by atoms with E-state index >= 15 is 0 Å². The summed E-state index contributed by atoms with van der Waals surface area (Å²) >= 11 is 0. The Kier molecular flexibility index (Phi) is 4.47. The first-order chi connectivity index (χ1) is 11.6. The van der Waals surface area contributed by atoms with Crippen molar-refractivity contribution in [2.45, 2.75) is 0 Å². The van der Waals surface area contributed by atoms with E-state index in [1.165, 1.54) is 24.3 Å². The van der Waals surface area contributed by atoms with Gasteiger partial charge in [-0.3, -0.25) is 9.59 Å². The minimum Gasteiger partial charge on any atom is -0.322 e. The number of rotatable bonds is 4. The highest BCUT2D eigenvalue weighted by Crippen LogP contribution is 2.17. The van der Waals surface area contributed by atoms with Gasteiger partial charge < -0.3 is 5.32 Å².